The molecule has 1 aromatic carbocycles. The molecule has 0 spiro atoms. The van der Waals surface area contributed by atoms with Gasteiger partial charge in [-0.3, -0.25) is 0 Å². The van der Waals surface area contributed by atoms with Gasteiger partial charge in [-0.25, -0.2) is 4.98 Å². The first-order valence-corrected chi connectivity index (χ1v) is 10.2. The van der Waals surface area contributed by atoms with Crippen LogP contribution in [-0.4, -0.2) is 57.5 Å². The number of nitrogens with one attached hydrogen (secondary N) is 1. The Labute approximate surface area is 170 Å². The maximum Gasteiger partial charge on any atom is 0.243 e. The number of nitriles is 1. The van der Waals surface area contributed by atoms with E-state index in [1.807, 2.05) is 19.1 Å². The number of phenolic OH excluding ortho intramolecular Hbond substituents is 1. The molecule has 29 heavy (non-hydrogen) atoms. The van der Waals surface area contributed by atoms with E-state index in [2.05, 4.69) is 31.5 Å². The van der Waals surface area contributed by atoms with E-state index in [-0.39, 0.29) is 11.8 Å². The van der Waals surface area contributed by atoms with E-state index < -0.39 is 0 Å². The van der Waals surface area contributed by atoms with Crippen LogP contribution in [0.5, 0.6) is 11.5 Å². The summed E-state index contributed by atoms with van der Waals surface area (Å²) in [4.78, 5) is 6.98. The molecule has 2 aromatic rings. The fourth-order valence-electron chi connectivity index (χ4n) is 4.10. The molecule has 1 aromatic heterocycles. The number of hydrogen-bond acceptors (Lipinski definition) is 8. The van der Waals surface area contributed by atoms with E-state index in [9.17, 15) is 5.11 Å². The Balaban J connectivity index is 1.45. The third-order valence-corrected chi connectivity index (χ3v) is 5.57. The van der Waals surface area contributed by atoms with Crippen molar-refractivity contribution in [2.45, 2.75) is 45.1 Å². The molecule has 0 aliphatic carbocycles. The standard InChI is InChI=1S/C21H26N6O2/c1-14-19(17-6-7-18-16(20(17)28)8-12-29-18)25-26-21(23-14)24-15-5-4-11-27(13-15)10-3-2-9-22/h6-7,15,28H,2-5,8,10-13H2,1H3,(H,23,24,26). The average Bonchev–Trinajstić information content (AvgIpc) is 3.19. The van der Waals surface area contributed by atoms with Gasteiger partial charge in [-0.1, -0.05) is 0 Å². The lowest BCUT2D eigenvalue weighted by atomic mass is 10.0. The number of likely N-dealkylation sites (tertiary alicyclic amines) is 1. The van der Waals surface area contributed by atoms with Crippen LogP contribution in [0.4, 0.5) is 5.95 Å². The van der Waals surface area contributed by atoms with E-state index in [1.165, 1.54) is 0 Å². The molecule has 3 heterocycles. The molecule has 152 valence electrons. The molecule has 0 bridgehead atoms. The van der Waals surface area contributed by atoms with Crippen LogP contribution in [0.15, 0.2) is 12.1 Å². The number of unbranched alkanes of at least 4 members (excludes halogenated alkanes) is 1. The lowest BCUT2D eigenvalue weighted by molar-refractivity contribution is 0.214. The molecule has 2 N–H and O–H groups in total. The number of anilines is 1. The van der Waals surface area contributed by atoms with Crippen molar-refractivity contribution in [3.63, 3.8) is 0 Å². The summed E-state index contributed by atoms with van der Waals surface area (Å²) < 4.78 is 5.50. The minimum Gasteiger partial charge on any atom is -0.507 e. The number of hydrogen-bond donors (Lipinski definition) is 2. The second-order valence-electron chi connectivity index (χ2n) is 7.65. The van der Waals surface area contributed by atoms with Crippen molar-refractivity contribution in [2.24, 2.45) is 0 Å². The third-order valence-electron chi connectivity index (χ3n) is 5.57. The van der Waals surface area contributed by atoms with Crippen molar-refractivity contribution < 1.29 is 9.84 Å². The van der Waals surface area contributed by atoms with Gasteiger partial charge in [-0.15, -0.1) is 10.2 Å². The Hall–Kier alpha value is -2.92. The van der Waals surface area contributed by atoms with Crippen molar-refractivity contribution in [1.82, 2.24) is 20.1 Å². The van der Waals surface area contributed by atoms with Crippen LogP contribution in [0.25, 0.3) is 11.3 Å². The van der Waals surface area contributed by atoms with E-state index in [1.54, 1.807) is 0 Å². The summed E-state index contributed by atoms with van der Waals surface area (Å²) in [7, 11) is 0. The molecule has 8 heteroatoms. The highest BCUT2D eigenvalue weighted by atomic mass is 16.5. The topological polar surface area (TPSA) is 107 Å². The first-order chi connectivity index (χ1) is 14.2. The van der Waals surface area contributed by atoms with Gasteiger partial charge in [0.05, 0.1) is 18.4 Å². The van der Waals surface area contributed by atoms with Gasteiger partial charge in [0.2, 0.25) is 5.95 Å². The number of ether oxygens (including phenoxy) is 1. The second kappa shape index (κ2) is 8.62. The number of piperidine rings is 1. The molecule has 0 saturated carbocycles. The SMILES string of the molecule is Cc1nc(NC2CCCN(CCCC#N)C2)nnc1-c1ccc2c(c1O)CCO2. The van der Waals surface area contributed by atoms with Gasteiger partial charge < -0.3 is 20.1 Å². The van der Waals surface area contributed by atoms with Crippen LogP contribution in [0.1, 0.15) is 36.9 Å². The first-order valence-electron chi connectivity index (χ1n) is 10.2. The molecule has 1 unspecified atom stereocenters. The van der Waals surface area contributed by atoms with Crippen molar-refractivity contribution in [2.75, 3.05) is 31.6 Å². The molecule has 2 aliphatic rings. The van der Waals surface area contributed by atoms with E-state index in [0.29, 0.717) is 36.7 Å². The molecule has 8 nitrogen and oxygen atoms in total. The summed E-state index contributed by atoms with van der Waals surface area (Å²) in [6.45, 7) is 5.41. The van der Waals surface area contributed by atoms with E-state index >= 15 is 0 Å². The quantitative estimate of drug-likeness (QED) is 0.720. The van der Waals surface area contributed by atoms with Gasteiger partial charge in [0.15, 0.2) is 0 Å². The monoisotopic (exact) mass is 394 g/mol. The average molecular weight is 394 g/mol. The highest BCUT2D eigenvalue weighted by Gasteiger charge is 2.23. The number of fused-ring (bicyclic) bond motifs is 1. The summed E-state index contributed by atoms with van der Waals surface area (Å²) in [6.07, 6.45) is 4.37. The number of aromatic hydroxyl groups is 1. The molecule has 1 atom stereocenters. The molecular weight excluding hydrogens is 368 g/mol. The largest absolute Gasteiger partial charge is 0.507 e. The molecule has 0 amide bonds. The Bertz CT molecular complexity index is 926. The van der Waals surface area contributed by atoms with Gasteiger partial charge in [0.1, 0.15) is 17.2 Å². The maximum atomic E-state index is 10.6. The summed E-state index contributed by atoms with van der Waals surface area (Å²) in [6, 6.07) is 6.15. The van der Waals surface area contributed by atoms with Gasteiger partial charge in [0.25, 0.3) is 0 Å². The minimum absolute atomic E-state index is 0.209. The molecule has 1 fully saturated rings. The zero-order chi connectivity index (χ0) is 20.2. The molecule has 1 saturated heterocycles. The number of rotatable bonds is 6. The van der Waals surface area contributed by atoms with Crippen LogP contribution in [0.2, 0.25) is 0 Å². The predicted molar refractivity (Wildman–Crippen MR) is 109 cm³/mol. The summed E-state index contributed by atoms with van der Waals surface area (Å²) in [5.74, 6) is 1.46. The Kier molecular flexibility index (Phi) is 5.76. The van der Waals surface area contributed by atoms with E-state index in [4.69, 9.17) is 10.00 Å². The number of phenols is 1. The van der Waals surface area contributed by atoms with Crippen molar-refractivity contribution in [3.8, 4) is 28.8 Å². The van der Waals surface area contributed by atoms with Crippen molar-refractivity contribution in [3.05, 3.63) is 23.4 Å². The maximum absolute atomic E-state index is 10.6. The normalized spacial score (nSPS) is 18.7. The fraction of sp³-hybridized carbons (Fsp3) is 0.524. The zero-order valence-corrected chi connectivity index (χ0v) is 16.7. The van der Waals surface area contributed by atoms with Gasteiger partial charge >= 0.3 is 0 Å². The van der Waals surface area contributed by atoms with E-state index in [0.717, 1.165) is 55.9 Å². The van der Waals surface area contributed by atoms with Gasteiger partial charge in [-0.2, -0.15) is 5.26 Å². The number of benzene rings is 1. The fourth-order valence-corrected chi connectivity index (χ4v) is 4.10. The molecular formula is C21H26N6O2. The van der Waals surface area contributed by atoms with Gasteiger partial charge in [0, 0.05) is 36.6 Å². The highest BCUT2D eigenvalue weighted by molar-refractivity contribution is 5.72. The summed E-state index contributed by atoms with van der Waals surface area (Å²) >= 11 is 0. The number of nitrogens with zero attached hydrogens (tertiary/aromatic N) is 5. The highest BCUT2D eigenvalue weighted by Crippen LogP contribution is 2.40. The third kappa shape index (κ3) is 4.25. The van der Waals surface area contributed by atoms with Crippen LogP contribution < -0.4 is 10.1 Å². The van der Waals surface area contributed by atoms with Crippen LogP contribution in [-0.2, 0) is 6.42 Å². The Morgan fingerprint density at radius 1 is 1.38 bits per heavy atom. The molecule has 4 rings (SSSR count). The van der Waals surface area contributed by atoms with Crippen LogP contribution in [0, 0.1) is 18.3 Å². The molecule has 0 radical (unpaired) electrons. The zero-order valence-electron chi connectivity index (χ0n) is 16.7. The number of aromatic nitrogens is 3. The lowest BCUT2D eigenvalue weighted by Gasteiger charge is -2.32. The Morgan fingerprint density at radius 3 is 3.10 bits per heavy atom. The number of aryl methyl sites for hydroxylation is 1. The Morgan fingerprint density at radius 2 is 2.28 bits per heavy atom. The molecule has 2 aliphatic heterocycles. The van der Waals surface area contributed by atoms with Gasteiger partial charge in [-0.05, 0) is 51.4 Å². The first kappa shape index (κ1) is 19.4. The predicted octanol–water partition coefficient (Wildman–Crippen LogP) is 2.67. The van der Waals surface area contributed by atoms with Crippen molar-refractivity contribution in [1.29, 1.82) is 5.26 Å². The lowest BCUT2D eigenvalue weighted by Crippen LogP contribution is -2.42. The second-order valence-corrected chi connectivity index (χ2v) is 7.65. The minimum atomic E-state index is 0.209. The smallest absolute Gasteiger partial charge is 0.243 e. The summed E-state index contributed by atoms with van der Waals surface area (Å²) in [5, 5.41) is 31.4. The summed E-state index contributed by atoms with van der Waals surface area (Å²) in [5.41, 5.74) is 2.77. The van der Waals surface area contributed by atoms with Crippen LogP contribution >= 0.6 is 0 Å². The van der Waals surface area contributed by atoms with Crippen molar-refractivity contribution >= 4 is 5.95 Å². The van der Waals surface area contributed by atoms with Crippen LogP contribution in [0.3, 0.4) is 0 Å².